The summed E-state index contributed by atoms with van der Waals surface area (Å²) in [5, 5.41) is 2.65. The van der Waals surface area contributed by atoms with Crippen molar-refractivity contribution >= 4 is 23.6 Å². The first-order valence-electron chi connectivity index (χ1n) is 9.17. The molecule has 0 spiro atoms. The van der Waals surface area contributed by atoms with E-state index in [-0.39, 0.29) is 11.8 Å². The van der Waals surface area contributed by atoms with Crippen molar-refractivity contribution in [3.8, 4) is 0 Å². The third-order valence-corrected chi connectivity index (χ3v) is 5.64. The highest BCUT2D eigenvalue weighted by atomic mass is 32.2. The minimum absolute atomic E-state index is 0.00559. The topological polar surface area (TPSA) is 49.4 Å². The molecule has 144 valence electrons. The number of hydrogen-bond donors (Lipinski definition) is 1. The summed E-state index contributed by atoms with van der Waals surface area (Å²) in [5.41, 5.74) is 3.40. The number of hydrogen-bond acceptors (Lipinski definition) is 3. The van der Waals surface area contributed by atoms with Crippen LogP contribution < -0.4 is 5.32 Å². The van der Waals surface area contributed by atoms with Crippen LogP contribution in [-0.4, -0.2) is 35.6 Å². The van der Waals surface area contributed by atoms with E-state index in [0.29, 0.717) is 18.7 Å². The van der Waals surface area contributed by atoms with E-state index >= 15 is 0 Å². The second kappa shape index (κ2) is 10.2. The summed E-state index contributed by atoms with van der Waals surface area (Å²) in [5.74, 6) is 0.532. The Hall–Kier alpha value is -2.27. The maximum absolute atomic E-state index is 12.9. The van der Waals surface area contributed by atoms with Crippen LogP contribution in [0.5, 0.6) is 0 Å². The van der Waals surface area contributed by atoms with Gasteiger partial charge in [0.2, 0.25) is 11.8 Å². The Morgan fingerprint density at radius 2 is 1.74 bits per heavy atom. The van der Waals surface area contributed by atoms with E-state index in [1.54, 1.807) is 30.6 Å². The van der Waals surface area contributed by atoms with Gasteiger partial charge in [-0.1, -0.05) is 42.0 Å². The van der Waals surface area contributed by atoms with Crippen molar-refractivity contribution in [3.05, 3.63) is 65.2 Å². The number of benzene rings is 2. The molecule has 27 heavy (non-hydrogen) atoms. The molecule has 1 atom stereocenters. The SMILES string of the molecule is CNC(=O)[C@H](C)N(Cc1ccccc1C)C(=O)CCSc1ccc(C)cc1. The molecule has 0 heterocycles. The van der Waals surface area contributed by atoms with Gasteiger partial charge in [-0.2, -0.15) is 0 Å². The molecule has 5 heteroatoms. The predicted octanol–water partition coefficient (Wildman–Crippen LogP) is 3.95. The number of nitrogens with zero attached hydrogens (tertiary/aromatic N) is 1. The predicted molar refractivity (Wildman–Crippen MR) is 112 cm³/mol. The standard InChI is InChI=1S/C22H28N2O2S/c1-16-9-11-20(12-10-16)27-14-13-21(25)24(18(3)22(26)23-4)15-19-8-6-5-7-17(19)2/h5-12,18H,13-15H2,1-4H3,(H,23,26)/t18-/m0/s1. The lowest BCUT2D eigenvalue weighted by Crippen LogP contribution is -2.46. The van der Waals surface area contributed by atoms with Crippen LogP contribution in [0.3, 0.4) is 0 Å². The quantitative estimate of drug-likeness (QED) is 0.701. The van der Waals surface area contributed by atoms with Crippen molar-refractivity contribution in [1.82, 2.24) is 10.2 Å². The number of likely N-dealkylation sites (N-methyl/N-ethyl adjacent to an activating group) is 1. The van der Waals surface area contributed by atoms with Crippen molar-refractivity contribution < 1.29 is 9.59 Å². The first kappa shape index (κ1) is 21.0. The lowest BCUT2D eigenvalue weighted by molar-refractivity contribution is -0.140. The van der Waals surface area contributed by atoms with Crippen molar-refractivity contribution in [2.24, 2.45) is 0 Å². The van der Waals surface area contributed by atoms with Crippen LogP contribution in [-0.2, 0) is 16.1 Å². The van der Waals surface area contributed by atoms with Crippen LogP contribution >= 0.6 is 11.8 Å². The van der Waals surface area contributed by atoms with Crippen molar-refractivity contribution in [2.45, 2.75) is 44.7 Å². The first-order chi connectivity index (χ1) is 12.9. The van der Waals surface area contributed by atoms with Crippen molar-refractivity contribution in [2.75, 3.05) is 12.8 Å². The number of carbonyl (C=O) groups excluding carboxylic acids is 2. The van der Waals surface area contributed by atoms with Crippen molar-refractivity contribution in [3.63, 3.8) is 0 Å². The zero-order valence-corrected chi connectivity index (χ0v) is 17.3. The third kappa shape index (κ3) is 6.14. The molecule has 0 saturated carbocycles. The highest BCUT2D eigenvalue weighted by Gasteiger charge is 2.25. The zero-order chi connectivity index (χ0) is 19.8. The summed E-state index contributed by atoms with van der Waals surface area (Å²) < 4.78 is 0. The molecule has 0 unspecified atom stereocenters. The summed E-state index contributed by atoms with van der Waals surface area (Å²) in [6, 6.07) is 15.7. The van der Waals surface area contributed by atoms with Crippen LogP contribution in [0.4, 0.5) is 0 Å². The fraction of sp³-hybridized carbons (Fsp3) is 0.364. The smallest absolute Gasteiger partial charge is 0.242 e. The van der Waals surface area contributed by atoms with E-state index in [9.17, 15) is 9.59 Å². The molecule has 2 amide bonds. The average Bonchev–Trinajstić information content (AvgIpc) is 2.67. The van der Waals surface area contributed by atoms with Gasteiger partial charge < -0.3 is 10.2 Å². The van der Waals surface area contributed by atoms with Gasteiger partial charge in [0.05, 0.1) is 0 Å². The fourth-order valence-corrected chi connectivity index (χ4v) is 3.64. The van der Waals surface area contributed by atoms with E-state index in [1.807, 2.05) is 31.2 Å². The lowest BCUT2D eigenvalue weighted by atomic mass is 10.1. The van der Waals surface area contributed by atoms with Gasteiger partial charge in [0, 0.05) is 30.7 Å². The maximum atomic E-state index is 12.9. The molecule has 4 nitrogen and oxygen atoms in total. The van der Waals surface area contributed by atoms with Crippen LogP contribution in [0.1, 0.15) is 30.0 Å². The highest BCUT2D eigenvalue weighted by Crippen LogP contribution is 2.21. The number of rotatable bonds is 8. The molecule has 0 aliphatic carbocycles. The van der Waals surface area contributed by atoms with Gasteiger partial charge in [0.1, 0.15) is 6.04 Å². The largest absolute Gasteiger partial charge is 0.357 e. The second-order valence-electron chi connectivity index (χ2n) is 6.65. The van der Waals surface area contributed by atoms with Crippen LogP contribution in [0.15, 0.2) is 53.4 Å². The molecule has 0 fully saturated rings. The van der Waals surface area contributed by atoms with Gasteiger partial charge in [-0.05, 0) is 44.0 Å². The Morgan fingerprint density at radius 1 is 1.07 bits per heavy atom. The van der Waals surface area contributed by atoms with E-state index in [0.717, 1.165) is 16.0 Å². The number of amides is 2. The normalized spacial score (nSPS) is 11.7. The van der Waals surface area contributed by atoms with Gasteiger partial charge >= 0.3 is 0 Å². The van der Waals surface area contributed by atoms with E-state index in [2.05, 4.69) is 36.5 Å². The summed E-state index contributed by atoms with van der Waals surface area (Å²) in [6.07, 6.45) is 0.395. The first-order valence-corrected chi connectivity index (χ1v) is 10.2. The second-order valence-corrected chi connectivity index (χ2v) is 7.82. The monoisotopic (exact) mass is 384 g/mol. The molecular formula is C22H28N2O2S. The van der Waals surface area contributed by atoms with Crippen molar-refractivity contribution in [1.29, 1.82) is 0 Å². The van der Waals surface area contributed by atoms with Gasteiger partial charge in [-0.15, -0.1) is 11.8 Å². The third-order valence-electron chi connectivity index (χ3n) is 4.62. The molecule has 2 rings (SSSR count). The number of thioether (sulfide) groups is 1. The maximum Gasteiger partial charge on any atom is 0.242 e. The van der Waals surface area contributed by atoms with E-state index in [4.69, 9.17) is 0 Å². The summed E-state index contributed by atoms with van der Waals surface area (Å²) in [6.45, 7) is 6.30. The summed E-state index contributed by atoms with van der Waals surface area (Å²) in [7, 11) is 1.60. The molecular weight excluding hydrogens is 356 g/mol. The minimum Gasteiger partial charge on any atom is -0.357 e. The summed E-state index contributed by atoms with van der Waals surface area (Å²) in [4.78, 5) is 27.9. The molecule has 0 aliphatic heterocycles. The number of carbonyl (C=O) groups is 2. The van der Waals surface area contributed by atoms with Crippen LogP contribution in [0, 0.1) is 13.8 Å². The van der Waals surface area contributed by atoms with Gasteiger partial charge in [0.25, 0.3) is 0 Å². The van der Waals surface area contributed by atoms with E-state index < -0.39 is 6.04 Å². The molecule has 0 bridgehead atoms. The van der Waals surface area contributed by atoms with Crippen LogP contribution in [0.25, 0.3) is 0 Å². The lowest BCUT2D eigenvalue weighted by Gasteiger charge is -2.29. The Labute approximate surface area is 166 Å². The van der Waals surface area contributed by atoms with Crippen LogP contribution in [0.2, 0.25) is 0 Å². The number of nitrogens with one attached hydrogen (secondary N) is 1. The van der Waals surface area contributed by atoms with Gasteiger partial charge in [-0.25, -0.2) is 0 Å². The Morgan fingerprint density at radius 3 is 2.37 bits per heavy atom. The molecule has 2 aromatic carbocycles. The van der Waals surface area contributed by atoms with E-state index in [1.165, 1.54) is 5.56 Å². The molecule has 0 aliphatic rings. The van der Waals surface area contributed by atoms with Gasteiger partial charge in [-0.3, -0.25) is 9.59 Å². The molecule has 0 radical (unpaired) electrons. The molecule has 0 saturated heterocycles. The minimum atomic E-state index is -0.508. The molecule has 2 aromatic rings. The molecule has 0 aromatic heterocycles. The summed E-state index contributed by atoms with van der Waals surface area (Å²) >= 11 is 1.66. The molecule has 1 N–H and O–H groups in total. The zero-order valence-electron chi connectivity index (χ0n) is 16.5. The number of aryl methyl sites for hydroxylation is 2. The average molecular weight is 385 g/mol. The van der Waals surface area contributed by atoms with Gasteiger partial charge in [0.15, 0.2) is 0 Å². The highest BCUT2D eigenvalue weighted by molar-refractivity contribution is 7.99. The Kier molecular flexibility index (Phi) is 7.92. The Bertz CT molecular complexity index is 774. The fourth-order valence-electron chi connectivity index (χ4n) is 2.80. The Balaban J connectivity index is 2.04.